The summed E-state index contributed by atoms with van der Waals surface area (Å²) in [6, 6.07) is 11.8. The number of rotatable bonds is 22. The molecule has 0 saturated carbocycles. The van der Waals surface area contributed by atoms with Gasteiger partial charge in [0.05, 0.1) is 41.4 Å². The van der Waals surface area contributed by atoms with Crippen LogP contribution in [0.4, 0.5) is 36.7 Å². The van der Waals surface area contributed by atoms with Crippen molar-refractivity contribution in [1.29, 1.82) is 0 Å². The van der Waals surface area contributed by atoms with Crippen molar-refractivity contribution in [3.05, 3.63) is 113 Å². The van der Waals surface area contributed by atoms with Crippen molar-refractivity contribution in [2.75, 3.05) is 82.1 Å². The normalized spacial score (nSPS) is 10.7. The number of ether oxygens (including phenoxy) is 2. The van der Waals surface area contributed by atoms with Crippen LogP contribution >= 0.6 is 0 Å². The number of hydrogen-bond acceptors (Lipinski definition) is 16. The molecule has 5 rings (SSSR count). The van der Waals surface area contributed by atoms with Gasteiger partial charge >= 0.3 is 0 Å². The van der Waals surface area contributed by atoms with Crippen LogP contribution in [-0.4, -0.2) is 105 Å². The zero-order valence-corrected chi connectivity index (χ0v) is 38.0. The van der Waals surface area contributed by atoms with Crippen molar-refractivity contribution in [2.24, 2.45) is 5.73 Å². The maximum atomic E-state index is 13.6. The van der Waals surface area contributed by atoms with Gasteiger partial charge < -0.3 is 42.2 Å². The third kappa shape index (κ3) is 17.2. The molecule has 0 fully saturated rings. The van der Waals surface area contributed by atoms with Gasteiger partial charge in [-0.2, -0.15) is 9.97 Å². The fourth-order valence-electron chi connectivity index (χ4n) is 5.81. The smallest absolute Gasteiger partial charge is 0.240 e. The molecule has 0 radical (unpaired) electrons. The van der Waals surface area contributed by atoms with Crippen molar-refractivity contribution in [3.8, 4) is 11.5 Å². The Bertz CT molecular complexity index is 2410. The van der Waals surface area contributed by atoms with Crippen LogP contribution in [0.5, 0.6) is 11.5 Å². The van der Waals surface area contributed by atoms with E-state index in [9.17, 15) is 31.2 Å². The Morgan fingerprint density at radius 3 is 1.42 bits per heavy atom. The van der Waals surface area contributed by atoms with Crippen LogP contribution in [0.1, 0.15) is 85.7 Å². The predicted molar refractivity (Wildman–Crippen MR) is 252 cm³/mol. The molecule has 0 aliphatic carbocycles. The van der Waals surface area contributed by atoms with Crippen molar-refractivity contribution in [2.45, 2.75) is 58.8 Å². The molecule has 0 amide bonds. The van der Waals surface area contributed by atoms with Crippen LogP contribution in [0.15, 0.2) is 78.0 Å². The van der Waals surface area contributed by atoms with E-state index in [2.05, 4.69) is 61.0 Å². The van der Waals surface area contributed by atoms with E-state index in [0.717, 1.165) is 37.1 Å². The van der Waals surface area contributed by atoms with E-state index in [1.54, 1.807) is 0 Å². The molecule has 5 aromatic rings. The summed E-state index contributed by atoms with van der Waals surface area (Å²) in [5, 5.41) is 5.95. The van der Waals surface area contributed by atoms with Gasteiger partial charge in [-0.25, -0.2) is 36.3 Å². The minimum atomic E-state index is -3.71. The van der Waals surface area contributed by atoms with E-state index in [1.165, 1.54) is 82.6 Å². The van der Waals surface area contributed by atoms with E-state index in [1.807, 2.05) is 0 Å². The minimum absolute atomic E-state index is 0. The summed E-state index contributed by atoms with van der Waals surface area (Å²) >= 11 is 0. The van der Waals surface area contributed by atoms with E-state index >= 15 is 0 Å². The van der Waals surface area contributed by atoms with Crippen molar-refractivity contribution < 1.29 is 40.7 Å². The Morgan fingerprint density at radius 2 is 1.05 bits per heavy atom. The van der Waals surface area contributed by atoms with Gasteiger partial charge in [-0.3, -0.25) is 9.59 Å². The monoisotopic (exact) mass is 941 g/mol. The highest BCUT2D eigenvalue weighted by Gasteiger charge is 2.21. The number of methoxy groups -OCH3 is 2. The highest BCUT2D eigenvalue weighted by atomic mass is 32.2. The molecule has 360 valence electrons. The lowest BCUT2D eigenvalue weighted by molar-refractivity contribution is 0.102. The second-order valence-electron chi connectivity index (χ2n) is 13.9. The molecule has 9 N–H and O–H groups in total. The molecule has 66 heavy (non-hydrogen) atoms. The summed E-state index contributed by atoms with van der Waals surface area (Å²) in [6.07, 6.45) is 5.42. The van der Waals surface area contributed by atoms with E-state index in [4.69, 9.17) is 26.7 Å². The molecule has 17 nitrogen and oxygen atoms in total. The molecule has 21 heteroatoms. The fourth-order valence-corrected chi connectivity index (χ4v) is 6.88. The summed E-state index contributed by atoms with van der Waals surface area (Å²) in [7, 11) is -0.942. The number of anilines is 4. The standard InChI is InChI=1S/C22H23F2N5O4S.C16H20FN5O2.C6H15N.CH4/c1-33-19-9-6-15(24)12-17(19)20(30)18-13-27-22(29-21(18)25)26-10-2-3-11-28-34(31,32)16-7-4-14(23)5-8-16;1-24-13-5-4-10(17)8-11(13)14(23)12-9-21-16(22-15(12)19)20-7-3-2-6-18;1-4-7(5-2)6-3;/h4-9,12-13,28H,2-3,10-11H2,1H3,(H3,25,26,27,29);4-5,8-9H,2-3,6-7,18H2,1H3,(H3,19,20,21,22);4-6H2,1-3H3;1H4. The van der Waals surface area contributed by atoms with Crippen LogP contribution < -0.4 is 42.0 Å². The van der Waals surface area contributed by atoms with Gasteiger partial charge in [0.25, 0.3) is 0 Å². The number of hydrogen-bond donors (Lipinski definition) is 6. The number of halogens is 3. The number of nitrogens with zero attached hydrogens (tertiary/aromatic N) is 5. The van der Waals surface area contributed by atoms with Crippen molar-refractivity contribution >= 4 is 45.1 Å². The Kier molecular flexibility index (Phi) is 24.0. The lowest BCUT2D eigenvalue weighted by Gasteiger charge is -2.13. The third-order valence-corrected chi connectivity index (χ3v) is 11.0. The van der Waals surface area contributed by atoms with E-state index < -0.39 is 39.0 Å². The first-order valence-corrected chi connectivity index (χ1v) is 22.3. The first kappa shape index (κ1) is 55.7. The SMILES string of the molecule is C.CCN(CC)CC.COc1ccc(F)cc1C(=O)c1cnc(NCCCCN)nc1N.COc1ccc(F)cc1C(=O)c1cnc(NCCCCNS(=O)(=O)c2ccc(F)cc2)nc1N. The summed E-state index contributed by atoms with van der Waals surface area (Å²) in [4.78, 5) is 43.9. The highest BCUT2D eigenvalue weighted by molar-refractivity contribution is 7.89. The van der Waals surface area contributed by atoms with Crippen LogP contribution in [-0.2, 0) is 10.0 Å². The zero-order chi connectivity index (χ0) is 47.9. The maximum Gasteiger partial charge on any atom is 0.240 e. The molecule has 0 aliphatic heterocycles. The first-order valence-electron chi connectivity index (χ1n) is 20.8. The average Bonchev–Trinajstić information content (AvgIpc) is 3.29. The number of carbonyl (C=O) groups is 2. The minimum Gasteiger partial charge on any atom is -0.496 e. The van der Waals surface area contributed by atoms with E-state index in [0.29, 0.717) is 38.4 Å². The predicted octanol–water partition coefficient (Wildman–Crippen LogP) is 6.32. The number of sulfonamides is 1. The molecule has 2 aromatic heterocycles. The Morgan fingerprint density at radius 1 is 0.636 bits per heavy atom. The van der Waals surface area contributed by atoms with Gasteiger partial charge in [0.2, 0.25) is 33.5 Å². The molecule has 0 bridgehead atoms. The lowest BCUT2D eigenvalue weighted by Crippen LogP contribution is -2.25. The zero-order valence-electron chi connectivity index (χ0n) is 37.2. The number of aromatic nitrogens is 4. The molecular formula is C45H62F3N11O6S. The summed E-state index contributed by atoms with van der Waals surface area (Å²) in [6.45, 7) is 12.0. The Hall–Kier alpha value is -6.42. The largest absolute Gasteiger partial charge is 0.496 e. The molecule has 2 heterocycles. The number of nitrogen functional groups attached to an aromatic ring is 2. The number of nitrogens with one attached hydrogen (secondary N) is 3. The van der Waals surface area contributed by atoms with Crippen molar-refractivity contribution in [1.82, 2.24) is 29.6 Å². The fraction of sp³-hybridized carbons (Fsp3) is 0.378. The Balaban J connectivity index is 0.000000407. The van der Waals surface area contributed by atoms with Gasteiger partial charge in [-0.1, -0.05) is 28.2 Å². The number of benzene rings is 3. The quantitative estimate of drug-likeness (QED) is 0.0328. The van der Waals surface area contributed by atoms with Crippen LogP contribution in [0.25, 0.3) is 0 Å². The van der Waals surface area contributed by atoms with Crippen LogP contribution in [0.2, 0.25) is 0 Å². The highest BCUT2D eigenvalue weighted by Crippen LogP contribution is 2.26. The number of ketones is 2. The summed E-state index contributed by atoms with van der Waals surface area (Å²) in [5.41, 5.74) is 17.3. The number of unbranched alkanes of at least 4 members (excludes halogenated alkanes) is 2. The average molecular weight is 942 g/mol. The molecule has 3 aromatic carbocycles. The van der Waals surface area contributed by atoms with Crippen molar-refractivity contribution in [3.63, 3.8) is 0 Å². The summed E-state index contributed by atoms with van der Waals surface area (Å²) < 4.78 is 76.9. The lowest BCUT2D eigenvalue weighted by atomic mass is 10.0. The van der Waals surface area contributed by atoms with Gasteiger partial charge in [-0.15, -0.1) is 0 Å². The maximum absolute atomic E-state index is 13.6. The van der Waals surface area contributed by atoms with Gasteiger partial charge in [-0.05, 0) is 113 Å². The molecule has 0 spiro atoms. The number of nitrogens with two attached hydrogens (primary N) is 3. The molecular weight excluding hydrogens is 880 g/mol. The van der Waals surface area contributed by atoms with E-state index in [-0.39, 0.29) is 70.2 Å². The van der Waals surface area contributed by atoms with Gasteiger partial charge in [0, 0.05) is 32.0 Å². The molecule has 0 atom stereocenters. The Labute approximate surface area is 385 Å². The van der Waals surface area contributed by atoms with Crippen LogP contribution in [0.3, 0.4) is 0 Å². The van der Waals surface area contributed by atoms with Gasteiger partial charge in [0.15, 0.2) is 0 Å². The third-order valence-electron chi connectivity index (χ3n) is 9.50. The topological polar surface area (TPSA) is 256 Å². The second kappa shape index (κ2) is 28.5. The van der Waals surface area contributed by atoms with Gasteiger partial charge in [0.1, 0.15) is 40.6 Å². The molecule has 0 unspecified atom stereocenters. The second-order valence-corrected chi connectivity index (χ2v) is 15.6. The first-order chi connectivity index (χ1) is 31.1. The van der Waals surface area contributed by atoms with Crippen LogP contribution in [0, 0.1) is 17.5 Å². The summed E-state index contributed by atoms with van der Waals surface area (Å²) in [5.74, 6) is -1.83. The number of carbonyl (C=O) groups excluding carboxylic acids is 2. The molecule has 0 aliphatic rings. The molecule has 0 saturated heterocycles.